The fourth-order valence-corrected chi connectivity index (χ4v) is 5.27. The predicted octanol–water partition coefficient (Wildman–Crippen LogP) is 3.06. The molecule has 1 heterocycles. The third kappa shape index (κ3) is 1.66. The first kappa shape index (κ1) is 10.9. The summed E-state index contributed by atoms with van der Waals surface area (Å²) in [5.41, 5.74) is 4.39. The third-order valence-electron chi connectivity index (χ3n) is 3.36. The smallest absolute Gasteiger partial charge is 0.219 e. The van der Waals surface area contributed by atoms with E-state index >= 15 is 0 Å². The first-order valence-electron chi connectivity index (χ1n) is 5.70. The van der Waals surface area contributed by atoms with Crippen LogP contribution in [-0.2, 0) is 11.0 Å². The van der Waals surface area contributed by atoms with Gasteiger partial charge in [0, 0.05) is 0 Å². The summed E-state index contributed by atoms with van der Waals surface area (Å²) in [5, 5.41) is 1.55. The van der Waals surface area contributed by atoms with E-state index in [0.717, 1.165) is 6.61 Å². The normalized spacial score (nSPS) is 18.3. The highest BCUT2D eigenvalue weighted by atomic mass is 28.4. The van der Waals surface area contributed by atoms with Crippen molar-refractivity contribution in [2.75, 3.05) is 0 Å². The van der Waals surface area contributed by atoms with Crippen LogP contribution in [0.15, 0.2) is 12.1 Å². The summed E-state index contributed by atoms with van der Waals surface area (Å²) in [7, 11) is -1.58. The van der Waals surface area contributed by atoms with E-state index in [1.54, 1.807) is 5.19 Å². The van der Waals surface area contributed by atoms with Crippen LogP contribution in [0, 0.1) is 6.92 Å². The van der Waals surface area contributed by atoms with E-state index in [9.17, 15) is 0 Å². The van der Waals surface area contributed by atoms with Crippen molar-refractivity contribution in [1.82, 2.24) is 0 Å². The molecule has 0 bridgehead atoms. The monoisotopic (exact) mass is 220 g/mol. The highest BCUT2D eigenvalue weighted by Gasteiger charge is 2.36. The molecule has 0 spiro atoms. The Balaban J connectivity index is 2.65. The fourth-order valence-electron chi connectivity index (χ4n) is 2.64. The van der Waals surface area contributed by atoms with Gasteiger partial charge in [-0.25, -0.2) is 0 Å². The van der Waals surface area contributed by atoms with Crippen molar-refractivity contribution in [2.24, 2.45) is 0 Å². The summed E-state index contributed by atoms with van der Waals surface area (Å²) in [6.07, 6.45) is 0. The second-order valence-corrected chi connectivity index (χ2v) is 9.09. The van der Waals surface area contributed by atoms with E-state index in [2.05, 4.69) is 46.0 Å². The lowest BCUT2D eigenvalue weighted by Crippen LogP contribution is -2.41. The Hall–Kier alpha value is -0.603. The van der Waals surface area contributed by atoms with Crippen molar-refractivity contribution >= 4 is 13.5 Å². The number of rotatable bonds is 1. The molecule has 1 aromatic carbocycles. The van der Waals surface area contributed by atoms with Gasteiger partial charge in [-0.15, -0.1) is 0 Å². The Bertz CT molecular complexity index is 394. The van der Waals surface area contributed by atoms with Gasteiger partial charge in [-0.2, -0.15) is 0 Å². The summed E-state index contributed by atoms with van der Waals surface area (Å²) >= 11 is 0. The quantitative estimate of drug-likeness (QED) is 0.661. The summed E-state index contributed by atoms with van der Waals surface area (Å²) in [6, 6.07) is 4.54. The van der Waals surface area contributed by atoms with E-state index < -0.39 is 8.32 Å². The summed E-state index contributed by atoms with van der Waals surface area (Å²) in [6.45, 7) is 12.2. The Labute approximate surface area is 93.6 Å². The Morgan fingerprint density at radius 1 is 1.27 bits per heavy atom. The molecule has 1 nitrogen and oxygen atoms in total. The highest BCUT2D eigenvalue weighted by molar-refractivity contribution is 6.85. The van der Waals surface area contributed by atoms with Crippen molar-refractivity contribution in [1.29, 1.82) is 0 Å². The van der Waals surface area contributed by atoms with Gasteiger partial charge in [0.15, 0.2) is 0 Å². The van der Waals surface area contributed by atoms with Crippen LogP contribution >= 0.6 is 0 Å². The van der Waals surface area contributed by atoms with Gasteiger partial charge < -0.3 is 4.43 Å². The van der Waals surface area contributed by atoms with Crippen LogP contribution in [0.1, 0.15) is 36.5 Å². The largest absolute Gasteiger partial charge is 0.409 e. The van der Waals surface area contributed by atoms with E-state index in [1.807, 2.05) is 0 Å². The van der Waals surface area contributed by atoms with Gasteiger partial charge in [0.2, 0.25) is 8.32 Å². The van der Waals surface area contributed by atoms with Crippen LogP contribution < -0.4 is 5.19 Å². The van der Waals surface area contributed by atoms with Gasteiger partial charge in [0.05, 0.1) is 6.61 Å². The Kier molecular flexibility index (Phi) is 2.51. The number of fused-ring (bicyclic) bond motifs is 1. The molecule has 0 saturated heterocycles. The molecule has 2 rings (SSSR count). The predicted molar refractivity (Wildman–Crippen MR) is 67.2 cm³/mol. The molecule has 0 radical (unpaired) electrons. The Morgan fingerprint density at radius 2 is 1.93 bits per heavy atom. The number of hydrogen-bond donors (Lipinski definition) is 0. The average molecular weight is 220 g/mol. The van der Waals surface area contributed by atoms with E-state index in [0.29, 0.717) is 5.92 Å². The Morgan fingerprint density at radius 3 is 2.53 bits per heavy atom. The molecule has 82 valence electrons. The summed E-state index contributed by atoms with van der Waals surface area (Å²) < 4.78 is 6.02. The molecule has 0 aromatic heterocycles. The molecule has 0 unspecified atom stereocenters. The van der Waals surface area contributed by atoms with Crippen molar-refractivity contribution in [3.8, 4) is 0 Å². The molecule has 0 atom stereocenters. The van der Waals surface area contributed by atoms with Crippen LogP contribution in [0.5, 0.6) is 0 Å². The SMILES string of the molecule is Cc1ccc(C(C)C)c2c1[Si](C)(C)OC2. The van der Waals surface area contributed by atoms with E-state index in [4.69, 9.17) is 4.43 Å². The molecule has 15 heavy (non-hydrogen) atoms. The number of aryl methyl sites for hydroxylation is 1. The second-order valence-electron chi connectivity index (χ2n) is 5.28. The minimum absolute atomic E-state index is 0.603. The molecular formula is C13H20OSi. The van der Waals surface area contributed by atoms with Crippen molar-refractivity contribution in [3.05, 3.63) is 28.8 Å². The van der Waals surface area contributed by atoms with Gasteiger partial charge >= 0.3 is 0 Å². The number of benzene rings is 1. The minimum atomic E-state index is -1.58. The molecule has 0 saturated carbocycles. The van der Waals surface area contributed by atoms with Gasteiger partial charge in [-0.1, -0.05) is 26.0 Å². The molecule has 0 fully saturated rings. The maximum atomic E-state index is 6.02. The van der Waals surface area contributed by atoms with Crippen LogP contribution in [0.2, 0.25) is 13.1 Å². The molecular weight excluding hydrogens is 200 g/mol. The van der Waals surface area contributed by atoms with Gasteiger partial charge in [-0.3, -0.25) is 0 Å². The summed E-state index contributed by atoms with van der Waals surface area (Å²) in [4.78, 5) is 0. The van der Waals surface area contributed by atoms with Crippen LogP contribution in [0.25, 0.3) is 0 Å². The third-order valence-corrected chi connectivity index (χ3v) is 6.13. The zero-order chi connectivity index (χ0) is 11.2. The van der Waals surface area contributed by atoms with Crippen LogP contribution in [0.4, 0.5) is 0 Å². The first-order valence-corrected chi connectivity index (χ1v) is 8.61. The first-order chi connectivity index (χ1) is 6.93. The van der Waals surface area contributed by atoms with Crippen molar-refractivity contribution in [2.45, 2.75) is 46.4 Å². The summed E-state index contributed by atoms with van der Waals surface area (Å²) in [5.74, 6) is 0.603. The lowest BCUT2D eigenvalue weighted by molar-refractivity contribution is 0.318. The fraction of sp³-hybridized carbons (Fsp3) is 0.538. The molecule has 0 aliphatic carbocycles. The number of hydrogen-bond acceptors (Lipinski definition) is 1. The lowest BCUT2D eigenvalue weighted by atomic mass is 9.96. The van der Waals surface area contributed by atoms with Gasteiger partial charge in [0.1, 0.15) is 0 Å². The molecule has 2 heteroatoms. The molecule has 0 N–H and O–H groups in total. The van der Waals surface area contributed by atoms with E-state index in [-0.39, 0.29) is 0 Å². The second kappa shape index (κ2) is 3.46. The van der Waals surface area contributed by atoms with Crippen molar-refractivity contribution in [3.63, 3.8) is 0 Å². The maximum absolute atomic E-state index is 6.02. The molecule has 1 aromatic rings. The van der Waals surface area contributed by atoms with Crippen LogP contribution in [0.3, 0.4) is 0 Å². The maximum Gasteiger partial charge on any atom is 0.219 e. The zero-order valence-electron chi connectivity index (χ0n) is 10.3. The van der Waals surface area contributed by atoms with E-state index in [1.165, 1.54) is 16.7 Å². The highest BCUT2D eigenvalue weighted by Crippen LogP contribution is 2.28. The topological polar surface area (TPSA) is 9.23 Å². The molecule has 0 amide bonds. The van der Waals surface area contributed by atoms with Gasteiger partial charge in [-0.05, 0) is 47.8 Å². The minimum Gasteiger partial charge on any atom is -0.409 e. The molecule has 1 aliphatic heterocycles. The van der Waals surface area contributed by atoms with Crippen molar-refractivity contribution < 1.29 is 4.43 Å². The average Bonchev–Trinajstić information content (AvgIpc) is 2.43. The standard InChI is InChI=1S/C13H20OSi/c1-9(2)11-7-6-10(3)13-12(11)8-14-15(13,4)5/h6-7,9H,8H2,1-5H3. The van der Waals surface area contributed by atoms with Crippen LogP contribution in [-0.4, -0.2) is 8.32 Å². The zero-order valence-corrected chi connectivity index (χ0v) is 11.3. The van der Waals surface area contributed by atoms with Gasteiger partial charge in [0.25, 0.3) is 0 Å². The lowest BCUT2D eigenvalue weighted by Gasteiger charge is -2.18. The molecule has 1 aliphatic rings.